The lowest BCUT2D eigenvalue weighted by atomic mass is 10.0. The third-order valence-electron chi connectivity index (χ3n) is 5.26. The largest absolute Gasteiger partial charge is 0.426 e. The van der Waals surface area contributed by atoms with Crippen LogP contribution in [0.4, 0.5) is 0 Å². The number of H-pyrrole nitrogens is 1. The molecule has 0 fully saturated rings. The number of hydrogen-bond acceptors (Lipinski definition) is 6. The lowest BCUT2D eigenvalue weighted by Gasteiger charge is -2.13. The summed E-state index contributed by atoms with van der Waals surface area (Å²) in [5.74, 6) is -0.108. The van der Waals surface area contributed by atoms with Crippen LogP contribution in [0.15, 0.2) is 38.3 Å². The molecule has 0 bridgehead atoms. The van der Waals surface area contributed by atoms with Crippen LogP contribution < -0.4 is 15.9 Å². The average molecular weight is 407 g/mol. The van der Waals surface area contributed by atoms with Crippen LogP contribution in [0.1, 0.15) is 35.0 Å². The number of aromatic nitrogens is 3. The normalized spacial score (nSPS) is 11.3. The second kappa shape index (κ2) is 7.29. The molecule has 4 rings (SSSR count). The second-order valence-corrected chi connectivity index (χ2v) is 7.28. The van der Waals surface area contributed by atoms with E-state index in [0.717, 1.165) is 16.5 Å². The van der Waals surface area contributed by atoms with Gasteiger partial charge in [0.2, 0.25) is 0 Å². The Morgan fingerprint density at radius 1 is 1.17 bits per heavy atom. The van der Waals surface area contributed by atoms with Crippen LogP contribution in [-0.2, 0) is 17.6 Å². The van der Waals surface area contributed by atoms with E-state index in [1.807, 2.05) is 26.8 Å². The Bertz CT molecular complexity index is 1420. The molecule has 8 heteroatoms. The number of nitrogens with zero attached hydrogens (tertiary/aromatic N) is 2. The van der Waals surface area contributed by atoms with Gasteiger partial charge in [0, 0.05) is 40.5 Å². The number of benzene rings is 1. The first-order valence-electron chi connectivity index (χ1n) is 9.62. The Kier molecular flexibility index (Phi) is 4.77. The number of aromatic amines is 1. The number of aryl methyl sites for hydroxylation is 4. The zero-order chi connectivity index (χ0) is 21.6. The van der Waals surface area contributed by atoms with Gasteiger partial charge >= 0.3 is 11.6 Å². The number of nitrogens with one attached hydrogen (secondary N) is 1. The van der Waals surface area contributed by atoms with Crippen molar-refractivity contribution in [1.82, 2.24) is 14.6 Å². The first-order valence-corrected chi connectivity index (χ1v) is 9.62. The molecule has 1 N–H and O–H groups in total. The molecular formula is C22H21N3O5. The van der Waals surface area contributed by atoms with Gasteiger partial charge in [-0.05, 0) is 44.4 Å². The molecule has 0 aliphatic carbocycles. The van der Waals surface area contributed by atoms with Crippen LogP contribution in [0.3, 0.4) is 0 Å². The summed E-state index contributed by atoms with van der Waals surface area (Å²) in [7, 11) is 0. The molecule has 0 unspecified atom stereocenters. The van der Waals surface area contributed by atoms with Crippen molar-refractivity contribution in [2.24, 2.45) is 0 Å². The summed E-state index contributed by atoms with van der Waals surface area (Å²) in [5.41, 5.74) is 3.86. The SMILES string of the molecule is CCc1cc2c(C)cc(=O)oc2cc1OC(=O)Cc1c(C)nc2cc(=O)[nH]n2c1C. The molecular weight excluding hydrogens is 386 g/mol. The fraction of sp³-hybridized carbons (Fsp3) is 0.273. The minimum Gasteiger partial charge on any atom is -0.426 e. The van der Waals surface area contributed by atoms with Crippen molar-refractivity contribution in [3.63, 3.8) is 0 Å². The molecule has 0 aliphatic heterocycles. The molecule has 30 heavy (non-hydrogen) atoms. The molecule has 0 saturated heterocycles. The summed E-state index contributed by atoms with van der Waals surface area (Å²) in [6, 6.07) is 6.31. The zero-order valence-corrected chi connectivity index (χ0v) is 17.2. The maximum absolute atomic E-state index is 12.7. The highest BCUT2D eigenvalue weighted by Gasteiger charge is 2.18. The second-order valence-electron chi connectivity index (χ2n) is 7.28. The summed E-state index contributed by atoms with van der Waals surface area (Å²) in [4.78, 5) is 40.4. The van der Waals surface area contributed by atoms with Crippen LogP contribution in [0.5, 0.6) is 5.75 Å². The monoisotopic (exact) mass is 407 g/mol. The summed E-state index contributed by atoms with van der Waals surface area (Å²) in [6.45, 7) is 7.40. The average Bonchev–Trinajstić information content (AvgIpc) is 3.05. The van der Waals surface area contributed by atoms with Crippen LogP contribution in [0.2, 0.25) is 0 Å². The standard InChI is InChI=1S/C22H21N3O5/c1-5-14-7-15-11(2)6-21(27)30-18(15)9-17(14)29-22(28)8-16-12(3)23-19-10-20(26)24-25(19)13(16)4/h6-7,9-10H,5,8H2,1-4H3,(H,24,26). The highest BCUT2D eigenvalue weighted by molar-refractivity contribution is 5.84. The fourth-order valence-electron chi connectivity index (χ4n) is 3.68. The van der Waals surface area contributed by atoms with E-state index >= 15 is 0 Å². The highest BCUT2D eigenvalue weighted by Crippen LogP contribution is 2.28. The van der Waals surface area contributed by atoms with Gasteiger partial charge in [0.15, 0.2) is 5.65 Å². The molecule has 1 aromatic carbocycles. The number of carbonyl (C=O) groups is 1. The van der Waals surface area contributed by atoms with E-state index < -0.39 is 11.6 Å². The van der Waals surface area contributed by atoms with Gasteiger partial charge < -0.3 is 9.15 Å². The van der Waals surface area contributed by atoms with E-state index in [2.05, 4.69) is 10.1 Å². The third-order valence-corrected chi connectivity index (χ3v) is 5.26. The number of esters is 1. The van der Waals surface area contributed by atoms with Crippen molar-refractivity contribution in [1.29, 1.82) is 0 Å². The van der Waals surface area contributed by atoms with E-state index in [4.69, 9.17) is 9.15 Å². The Labute approximate surface area is 171 Å². The Balaban J connectivity index is 1.69. The summed E-state index contributed by atoms with van der Waals surface area (Å²) >= 11 is 0. The van der Waals surface area contributed by atoms with E-state index in [1.54, 1.807) is 17.5 Å². The Morgan fingerprint density at radius 2 is 1.93 bits per heavy atom. The van der Waals surface area contributed by atoms with Gasteiger partial charge in [-0.3, -0.25) is 14.7 Å². The van der Waals surface area contributed by atoms with Crippen molar-refractivity contribution in [2.45, 2.75) is 40.5 Å². The number of fused-ring (bicyclic) bond motifs is 2. The lowest BCUT2D eigenvalue weighted by molar-refractivity contribution is -0.133. The topological polar surface area (TPSA) is 107 Å². The van der Waals surface area contributed by atoms with Crippen molar-refractivity contribution < 1.29 is 13.9 Å². The molecule has 8 nitrogen and oxygen atoms in total. The maximum Gasteiger partial charge on any atom is 0.336 e. The van der Waals surface area contributed by atoms with Gasteiger partial charge in [-0.2, -0.15) is 0 Å². The van der Waals surface area contributed by atoms with Gasteiger partial charge in [0.1, 0.15) is 11.3 Å². The van der Waals surface area contributed by atoms with Gasteiger partial charge in [0.05, 0.1) is 6.42 Å². The molecule has 0 spiro atoms. The predicted molar refractivity (Wildman–Crippen MR) is 111 cm³/mol. The lowest BCUT2D eigenvalue weighted by Crippen LogP contribution is -2.16. The van der Waals surface area contributed by atoms with Crippen molar-refractivity contribution in [2.75, 3.05) is 0 Å². The summed E-state index contributed by atoms with van der Waals surface area (Å²) in [5, 5.41) is 3.48. The number of ether oxygens (including phenoxy) is 1. The summed E-state index contributed by atoms with van der Waals surface area (Å²) in [6.07, 6.45) is 0.632. The van der Waals surface area contributed by atoms with Crippen molar-refractivity contribution in [3.05, 3.63) is 73.1 Å². The van der Waals surface area contributed by atoms with Gasteiger partial charge in [0.25, 0.3) is 5.56 Å². The van der Waals surface area contributed by atoms with E-state index in [0.29, 0.717) is 40.4 Å². The van der Waals surface area contributed by atoms with Crippen LogP contribution in [-0.4, -0.2) is 20.6 Å². The Morgan fingerprint density at radius 3 is 2.67 bits per heavy atom. The fourth-order valence-corrected chi connectivity index (χ4v) is 3.68. The number of hydrogen-bond donors (Lipinski definition) is 1. The molecule has 0 radical (unpaired) electrons. The minimum atomic E-state index is -0.471. The summed E-state index contributed by atoms with van der Waals surface area (Å²) < 4.78 is 12.5. The van der Waals surface area contributed by atoms with Crippen molar-refractivity contribution >= 4 is 22.6 Å². The smallest absolute Gasteiger partial charge is 0.336 e. The van der Waals surface area contributed by atoms with Crippen molar-refractivity contribution in [3.8, 4) is 5.75 Å². The predicted octanol–water partition coefficient (Wildman–Crippen LogP) is 2.76. The molecule has 0 atom stereocenters. The molecule has 3 heterocycles. The third kappa shape index (κ3) is 3.41. The first kappa shape index (κ1) is 19.6. The Hall–Kier alpha value is -3.68. The van der Waals surface area contributed by atoms with E-state index in [1.165, 1.54) is 12.1 Å². The first-order chi connectivity index (χ1) is 14.3. The molecule has 0 saturated carbocycles. The van der Waals surface area contributed by atoms with Gasteiger partial charge in [-0.15, -0.1) is 0 Å². The molecule has 0 aliphatic rings. The quantitative estimate of drug-likeness (QED) is 0.317. The minimum absolute atomic E-state index is 0.0141. The zero-order valence-electron chi connectivity index (χ0n) is 17.2. The maximum atomic E-state index is 12.7. The number of carbonyl (C=O) groups excluding carboxylic acids is 1. The molecule has 4 aromatic rings. The molecule has 3 aromatic heterocycles. The van der Waals surface area contributed by atoms with Crippen LogP contribution in [0, 0.1) is 20.8 Å². The van der Waals surface area contributed by atoms with E-state index in [-0.39, 0.29) is 12.0 Å². The number of rotatable bonds is 4. The molecule has 0 amide bonds. The van der Waals surface area contributed by atoms with Gasteiger partial charge in [-0.1, -0.05) is 6.92 Å². The highest BCUT2D eigenvalue weighted by atomic mass is 16.5. The van der Waals surface area contributed by atoms with E-state index in [9.17, 15) is 14.4 Å². The molecule has 154 valence electrons. The van der Waals surface area contributed by atoms with Crippen LogP contribution in [0.25, 0.3) is 16.6 Å². The van der Waals surface area contributed by atoms with Gasteiger partial charge in [-0.25, -0.2) is 14.3 Å². The van der Waals surface area contributed by atoms with Crippen LogP contribution >= 0.6 is 0 Å².